The number of carbonyl (C=O) groups excluding carboxylic acids is 1. The number of hydrogen-bond acceptors (Lipinski definition) is 3. The Morgan fingerprint density at radius 3 is 2.67 bits per heavy atom. The van der Waals surface area contributed by atoms with Gasteiger partial charge in [0.15, 0.2) is 0 Å². The highest BCUT2D eigenvalue weighted by Crippen LogP contribution is 2.24. The molecule has 7 heteroatoms. The molecule has 0 aliphatic heterocycles. The van der Waals surface area contributed by atoms with E-state index in [1.165, 1.54) is 18.2 Å². The van der Waals surface area contributed by atoms with Gasteiger partial charge in [-0.3, -0.25) is 0 Å². The van der Waals surface area contributed by atoms with E-state index in [2.05, 4.69) is 5.32 Å². The van der Waals surface area contributed by atoms with Gasteiger partial charge in [0.05, 0.1) is 17.9 Å². The number of benzene rings is 1. The average Bonchev–Trinajstić information content (AvgIpc) is 2.25. The van der Waals surface area contributed by atoms with Crippen LogP contribution < -0.4 is 5.32 Å². The zero-order chi connectivity index (χ0) is 13.8. The molecule has 100 valence electrons. The van der Waals surface area contributed by atoms with Crippen LogP contribution in [0.3, 0.4) is 0 Å². The maximum absolute atomic E-state index is 12.1. The van der Waals surface area contributed by atoms with Crippen LogP contribution in [0, 0.1) is 0 Å². The minimum Gasteiger partial charge on any atom is -0.462 e. The summed E-state index contributed by atoms with van der Waals surface area (Å²) < 4.78 is 41.1. The highest BCUT2D eigenvalue weighted by Gasteiger charge is 2.27. The fourth-order valence-electron chi connectivity index (χ4n) is 1.25. The Morgan fingerprint density at radius 1 is 1.44 bits per heavy atom. The molecule has 0 atom stereocenters. The molecule has 0 radical (unpaired) electrons. The molecule has 1 rings (SSSR count). The molecule has 0 aliphatic rings. The third-order valence-electron chi connectivity index (χ3n) is 1.96. The van der Waals surface area contributed by atoms with E-state index in [4.69, 9.17) is 16.3 Å². The molecule has 0 amide bonds. The molecular weight excluding hydrogens is 271 g/mol. The first-order valence-corrected chi connectivity index (χ1v) is 5.48. The van der Waals surface area contributed by atoms with Crippen molar-refractivity contribution >= 4 is 23.3 Å². The lowest BCUT2D eigenvalue weighted by molar-refractivity contribution is -0.115. The number of anilines is 1. The van der Waals surface area contributed by atoms with Gasteiger partial charge >= 0.3 is 12.1 Å². The Hall–Kier alpha value is -1.43. The van der Waals surface area contributed by atoms with E-state index in [9.17, 15) is 18.0 Å². The summed E-state index contributed by atoms with van der Waals surface area (Å²) in [5, 5.41) is 2.35. The molecule has 3 nitrogen and oxygen atoms in total. The number of alkyl halides is 3. The topological polar surface area (TPSA) is 38.3 Å². The molecule has 0 saturated heterocycles. The summed E-state index contributed by atoms with van der Waals surface area (Å²) in [4.78, 5) is 11.5. The van der Waals surface area contributed by atoms with Crippen LogP contribution in [0.15, 0.2) is 18.2 Å². The van der Waals surface area contributed by atoms with E-state index in [0.717, 1.165) is 0 Å². The Kier molecular flexibility index (Phi) is 4.84. The van der Waals surface area contributed by atoms with Gasteiger partial charge < -0.3 is 10.1 Å². The van der Waals surface area contributed by atoms with E-state index in [-0.39, 0.29) is 22.9 Å². The molecule has 0 heterocycles. The van der Waals surface area contributed by atoms with Crippen LogP contribution in [-0.2, 0) is 4.74 Å². The van der Waals surface area contributed by atoms with Crippen LogP contribution in [-0.4, -0.2) is 25.3 Å². The summed E-state index contributed by atoms with van der Waals surface area (Å²) in [6.07, 6.45) is -4.38. The Balaban J connectivity index is 2.93. The predicted molar refractivity (Wildman–Crippen MR) is 62.0 cm³/mol. The van der Waals surface area contributed by atoms with Gasteiger partial charge in [-0.15, -0.1) is 0 Å². The van der Waals surface area contributed by atoms with Crippen molar-refractivity contribution in [1.82, 2.24) is 0 Å². The molecule has 18 heavy (non-hydrogen) atoms. The number of halogens is 4. The van der Waals surface area contributed by atoms with Gasteiger partial charge in [0.25, 0.3) is 0 Å². The third-order valence-corrected chi connectivity index (χ3v) is 2.19. The largest absolute Gasteiger partial charge is 0.462 e. The molecule has 1 N–H and O–H groups in total. The highest BCUT2D eigenvalue weighted by atomic mass is 35.5. The summed E-state index contributed by atoms with van der Waals surface area (Å²) in [6.45, 7) is 0.497. The Morgan fingerprint density at radius 2 is 2.11 bits per heavy atom. The van der Waals surface area contributed by atoms with Crippen molar-refractivity contribution in [2.45, 2.75) is 13.1 Å². The van der Waals surface area contributed by atoms with Crippen LogP contribution >= 0.6 is 11.6 Å². The van der Waals surface area contributed by atoms with Gasteiger partial charge in [0.2, 0.25) is 0 Å². The summed E-state index contributed by atoms with van der Waals surface area (Å²) in [5.74, 6) is -0.696. The van der Waals surface area contributed by atoms with Crippen molar-refractivity contribution < 1.29 is 22.7 Å². The third kappa shape index (κ3) is 4.44. The maximum Gasteiger partial charge on any atom is 0.405 e. The van der Waals surface area contributed by atoms with Crippen molar-refractivity contribution in [2.24, 2.45) is 0 Å². The normalized spacial score (nSPS) is 11.2. The van der Waals surface area contributed by atoms with Gasteiger partial charge in [-0.2, -0.15) is 13.2 Å². The molecular formula is C11H11ClF3NO2. The van der Waals surface area contributed by atoms with Crippen molar-refractivity contribution in [3.8, 4) is 0 Å². The lowest BCUT2D eigenvalue weighted by Gasteiger charge is -2.13. The van der Waals surface area contributed by atoms with Gasteiger partial charge in [-0.25, -0.2) is 4.79 Å². The lowest BCUT2D eigenvalue weighted by atomic mass is 10.2. The van der Waals surface area contributed by atoms with Crippen molar-refractivity contribution in [1.29, 1.82) is 0 Å². The van der Waals surface area contributed by atoms with Gasteiger partial charge in [-0.05, 0) is 25.1 Å². The van der Waals surface area contributed by atoms with Crippen LogP contribution in [0.2, 0.25) is 5.02 Å². The SMILES string of the molecule is CCOC(=O)c1ccc(Cl)cc1NCC(F)(F)F. The fraction of sp³-hybridized carbons (Fsp3) is 0.364. The zero-order valence-electron chi connectivity index (χ0n) is 9.47. The maximum atomic E-state index is 12.1. The first kappa shape index (κ1) is 14.6. The van der Waals surface area contributed by atoms with Crippen LogP contribution in [0.4, 0.5) is 18.9 Å². The average molecular weight is 282 g/mol. The van der Waals surface area contributed by atoms with E-state index in [0.29, 0.717) is 0 Å². The number of rotatable bonds is 4. The summed E-state index contributed by atoms with van der Waals surface area (Å²) in [7, 11) is 0. The summed E-state index contributed by atoms with van der Waals surface area (Å²) in [6, 6.07) is 3.98. The Labute approximate surface area is 107 Å². The molecule has 0 aliphatic carbocycles. The minimum absolute atomic E-state index is 0.00160. The second-order valence-electron chi connectivity index (χ2n) is 3.38. The van der Waals surface area contributed by atoms with Gasteiger partial charge in [0, 0.05) is 5.02 Å². The molecule has 0 fully saturated rings. The molecule has 1 aromatic rings. The molecule has 0 unspecified atom stereocenters. The molecule has 0 aromatic heterocycles. The predicted octanol–water partition coefficient (Wildman–Crippen LogP) is 3.49. The van der Waals surface area contributed by atoms with Crippen LogP contribution in [0.1, 0.15) is 17.3 Å². The van der Waals surface area contributed by atoms with Crippen molar-refractivity contribution in [2.75, 3.05) is 18.5 Å². The number of carbonyl (C=O) groups is 1. The second-order valence-corrected chi connectivity index (χ2v) is 3.82. The lowest BCUT2D eigenvalue weighted by Crippen LogP contribution is -2.22. The molecule has 0 saturated carbocycles. The summed E-state index contributed by atoms with van der Waals surface area (Å²) >= 11 is 5.68. The minimum atomic E-state index is -4.38. The number of esters is 1. The first-order chi connectivity index (χ1) is 8.33. The van der Waals surface area contributed by atoms with Crippen molar-refractivity contribution in [3.63, 3.8) is 0 Å². The first-order valence-electron chi connectivity index (χ1n) is 5.11. The van der Waals surface area contributed by atoms with E-state index < -0.39 is 18.7 Å². The van der Waals surface area contributed by atoms with Gasteiger partial charge in [-0.1, -0.05) is 11.6 Å². The zero-order valence-corrected chi connectivity index (χ0v) is 10.2. The van der Waals surface area contributed by atoms with E-state index >= 15 is 0 Å². The smallest absolute Gasteiger partial charge is 0.405 e. The van der Waals surface area contributed by atoms with Crippen molar-refractivity contribution in [3.05, 3.63) is 28.8 Å². The van der Waals surface area contributed by atoms with Gasteiger partial charge in [0.1, 0.15) is 6.54 Å². The fourth-order valence-corrected chi connectivity index (χ4v) is 1.42. The molecule has 0 bridgehead atoms. The van der Waals surface area contributed by atoms with Crippen LogP contribution in [0.5, 0.6) is 0 Å². The molecule has 0 spiro atoms. The summed E-state index contributed by atoms with van der Waals surface area (Å²) in [5.41, 5.74) is 0.0174. The second kappa shape index (κ2) is 5.95. The standard InChI is InChI=1S/C11H11ClF3NO2/c1-2-18-10(17)8-4-3-7(12)5-9(8)16-6-11(13,14)15/h3-5,16H,2,6H2,1H3. The number of ether oxygens (including phenoxy) is 1. The monoisotopic (exact) mass is 281 g/mol. The quantitative estimate of drug-likeness (QED) is 0.859. The van der Waals surface area contributed by atoms with Crippen LogP contribution in [0.25, 0.3) is 0 Å². The van der Waals surface area contributed by atoms with E-state index in [1.54, 1.807) is 6.92 Å². The molecule has 1 aromatic carbocycles. The number of hydrogen-bond donors (Lipinski definition) is 1. The number of nitrogens with one attached hydrogen (secondary N) is 1. The van der Waals surface area contributed by atoms with E-state index in [1.807, 2.05) is 0 Å². The highest BCUT2D eigenvalue weighted by molar-refractivity contribution is 6.31. The Bertz CT molecular complexity index is 435.